The first kappa shape index (κ1) is 20.6. The fraction of sp³-hybridized carbons (Fsp3) is 0.211. The second kappa shape index (κ2) is 9.15. The van der Waals surface area contributed by atoms with Crippen LogP contribution in [0.4, 0.5) is 0 Å². The Balaban J connectivity index is 0.000000229. The third-order valence-electron chi connectivity index (χ3n) is 3.73. The summed E-state index contributed by atoms with van der Waals surface area (Å²) in [5.74, 6) is -0.550. The largest absolute Gasteiger partial charge is 0.333 e. The molecule has 0 saturated carbocycles. The van der Waals surface area contributed by atoms with E-state index in [2.05, 4.69) is 44.4 Å². The van der Waals surface area contributed by atoms with E-state index in [1.165, 1.54) is 35.9 Å². The molecule has 0 radical (unpaired) electrons. The molecule has 0 bridgehead atoms. The molecule has 6 heteroatoms. The van der Waals surface area contributed by atoms with E-state index in [1.807, 2.05) is 10.8 Å². The summed E-state index contributed by atoms with van der Waals surface area (Å²) in [6.07, 6.45) is 2.93. The Labute approximate surface area is 149 Å². The minimum Gasteiger partial charge on any atom is -0.333 e. The van der Waals surface area contributed by atoms with E-state index < -0.39 is 15.9 Å². The zero-order valence-corrected chi connectivity index (χ0v) is 15.6. The lowest BCUT2D eigenvalue weighted by atomic mass is 10.0. The highest BCUT2D eigenvalue weighted by molar-refractivity contribution is 7.90. The van der Waals surface area contributed by atoms with E-state index in [-0.39, 0.29) is 10.5 Å². The van der Waals surface area contributed by atoms with Crippen molar-refractivity contribution in [2.75, 3.05) is 7.05 Å². The number of nitrogens with one attached hydrogen (secondary N) is 1. The number of hydrogen-bond acceptors (Lipinski definition) is 4. The highest BCUT2D eigenvalue weighted by atomic mass is 32.2. The van der Waals surface area contributed by atoms with Gasteiger partial charge >= 0.3 is 0 Å². The van der Waals surface area contributed by atoms with Crippen molar-refractivity contribution in [1.82, 2.24) is 4.72 Å². The Morgan fingerprint density at radius 3 is 2.32 bits per heavy atom. The van der Waals surface area contributed by atoms with Gasteiger partial charge in [-0.15, -0.1) is 6.58 Å². The highest BCUT2D eigenvalue weighted by Crippen LogP contribution is 2.20. The third-order valence-corrected chi connectivity index (χ3v) is 5.12. The lowest BCUT2D eigenvalue weighted by Crippen LogP contribution is -2.20. The van der Waals surface area contributed by atoms with Gasteiger partial charge in [-0.3, -0.25) is 4.79 Å². The van der Waals surface area contributed by atoms with Gasteiger partial charge in [0.1, 0.15) is 4.90 Å². The van der Waals surface area contributed by atoms with Gasteiger partial charge in [0, 0.05) is 0 Å². The summed E-state index contributed by atoms with van der Waals surface area (Å²) >= 11 is 0. The van der Waals surface area contributed by atoms with E-state index in [4.69, 9.17) is 0 Å². The van der Waals surface area contributed by atoms with Crippen molar-refractivity contribution in [3.8, 4) is 0 Å². The first-order valence-corrected chi connectivity index (χ1v) is 9.25. The van der Waals surface area contributed by atoms with Crippen LogP contribution in [0.2, 0.25) is 0 Å². The first-order valence-electron chi connectivity index (χ1n) is 7.76. The number of aryl methyl sites for hydroxylation is 1. The quantitative estimate of drug-likeness (QED) is 0.806. The fourth-order valence-corrected chi connectivity index (χ4v) is 3.48. The van der Waals surface area contributed by atoms with Crippen LogP contribution in [0, 0.1) is 13.8 Å². The topological polar surface area (TPSA) is 89.3 Å². The van der Waals surface area contributed by atoms with Gasteiger partial charge < -0.3 is 5.73 Å². The van der Waals surface area contributed by atoms with Gasteiger partial charge in [0.2, 0.25) is 0 Å². The molecule has 1 aliphatic heterocycles. The second-order valence-corrected chi connectivity index (χ2v) is 6.93. The maximum atomic E-state index is 11.1. The van der Waals surface area contributed by atoms with Crippen LogP contribution in [0.5, 0.6) is 0 Å². The summed E-state index contributed by atoms with van der Waals surface area (Å²) in [7, 11) is -2.05. The van der Waals surface area contributed by atoms with Crippen LogP contribution in [-0.2, 0) is 16.4 Å². The van der Waals surface area contributed by atoms with E-state index >= 15 is 0 Å². The first-order chi connectivity index (χ1) is 11.9. The number of hydrogen-bond donors (Lipinski definition) is 2. The molecule has 0 unspecified atom stereocenters. The molecule has 0 aromatic heterocycles. The van der Waals surface area contributed by atoms with Gasteiger partial charge in [-0.1, -0.05) is 36.4 Å². The molecule has 0 fully saturated rings. The number of amides is 1. The minimum absolute atomic E-state index is 0.0648. The van der Waals surface area contributed by atoms with Crippen LogP contribution in [0.1, 0.15) is 27.0 Å². The van der Waals surface area contributed by atoms with Gasteiger partial charge in [0.15, 0.2) is 0 Å². The molecule has 2 aromatic rings. The zero-order valence-electron chi connectivity index (χ0n) is 14.7. The van der Waals surface area contributed by atoms with Crippen LogP contribution >= 0.6 is 0 Å². The summed E-state index contributed by atoms with van der Waals surface area (Å²) in [5, 5.41) is 0. The van der Waals surface area contributed by atoms with Crippen molar-refractivity contribution >= 4 is 15.9 Å². The van der Waals surface area contributed by atoms with Crippen LogP contribution in [0.15, 0.2) is 60.0 Å². The average Bonchev–Trinajstić information content (AvgIpc) is 2.84. The zero-order chi connectivity index (χ0) is 19.0. The van der Waals surface area contributed by atoms with Crippen LogP contribution in [0.25, 0.3) is 0 Å². The second-order valence-electron chi connectivity index (χ2n) is 5.28. The predicted octanol–water partition coefficient (Wildman–Crippen LogP) is 2.73. The Kier molecular flexibility index (Phi) is 7.54. The van der Waals surface area contributed by atoms with E-state index in [9.17, 15) is 13.2 Å². The molecule has 1 amide bonds. The normalized spacial score (nSPS) is 13.4. The van der Waals surface area contributed by atoms with E-state index in [0.717, 1.165) is 6.42 Å². The summed E-state index contributed by atoms with van der Waals surface area (Å²) in [5.41, 5.74) is 8.87. The molecule has 1 aliphatic rings. The Bertz CT molecular complexity index is 859. The van der Waals surface area contributed by atoms with Crippen LogP contribution < -0.4 is 10.5 Å². The molecule has 0 spiro atoms. The molecule has 0 saturated heterocycles. The van der Waals surface area contributed by atoms with Gasteiger partial charge in [0.05, 0.1) is 5.56 Å². The number of sulfonamides is 1. The lowest BCUT2D eigenvalue weighted by Gasteiger charge is -2.04. The maximum absolute atomic E-state index is 11.1. The summed E-state index contributed by atoms with van der Waals surface area (Å²) in [4.78, 5) is 11.1. The SMILES string of the molecule is C=CCc1cccc(C)c1C.CN.O=C1NS(=O)(=O)c2ccccc21. The van der Waals surface area contributed by atoms with Crippen molar-refractivity contribution in [3.63, 3.8) is 0 Å². The number of rotatable bonds is 2. The number of benzene rings is 2. The van der Waals surface area contributed by atoms with E-state index in [1.54, 1.807) is 12.1 Å². The van der Waals surface area contributed by atoms with Crippen molar-refractivity contribution in [2.24, 2.45) is 5.73 Å². The Hall–Kier alpha value is -2.44. The molecule has 0 aliphatic carbocycles. The highest BCUT2D eigenvalue weighted by Gasteiger charge is 2.31. The molecule has 2 aromatic carbocycles. The average molecular weight is 360 g/mol. The number of fused-ring (bicyclic) bond motifs is 1. The molecule has 5 nitrogen and oxygen atoms in total. The van der Waals surface area contributed by atoms with Crippen LogP contribution in [0.3, 0.4) is 0 Å². The van der Waals surface area contributed by atoms with Crippen molar-refractivity contribution in [1.29, 1.82) is 0 Å². The molecule has 25 heavy (non-hydrogen) atoms. The molecular formula is C19H24N2O3S. The molecule has 3 rings (SSSR count). The Morgan fingerprint density at radius 2 is 1.72 bits per heavy atom. The molecule has 134 valence electrons. The smallest absolute Gasteiger partial charge is 0.266 e. The standard InChI is InChI=1S/C11H14.C7H5NO3S.CH5N/c1-4-6-11-8-5-7-9(2)10(11)3;9-7-5-3-1-2-4-6(5)12(10,11)8-7;1-2/h4-5,7-8H,1,6H2,2-3H3;1-4H,(H,8,9);2H2,1H3. The molecule has 0 atom stereocenters. The third kappa shape index (κ3) is 5.01. The van der Waals surface area contributed by atoms with Gasteiger partial charge in [-0.2, -0.15) is 0 Å². The Morgan fingerprint density at radius 1 is 1.08 bits per heavy atom. The number of carbonyl (C=O) groups is 1. The van der Waals surface area contributed by atoms with Crippen LogP contribution in [-0.4, -0.2) is 21.4 Å². The summed E-state index contributed by atoms with van der Waals surface area (Å²) in [6, 6.07) is 12.5. The molecule has 3 N–H and O–H groups in total. The van der Waals surface area contributed by atoms with Gasteiger partial charge in [-0.05, 0) is 56.1 Å². The summed E-state index contributed by atoms with van der Waals surface area (Å²) in [6.45, 7) is 8.03. The number of allylic oxidation sites excluding steroid dienone is 1. The molecule has 1 heterocycles. The maximum Gasteiger partial charge on any atom is 0.266 e. The van der Waals surface area contributed by atoms with Crippen molar-refractivity contribution in [3.05, 3.63) is 77.4 Å². The van der Waals surface area contributed by atoms with E-state index in [0.29, 0.717) is 0 Å². The van der Waals surface area contributed by atoms with Gasteiger partial charge in [0.25, 0.3) is 15.9 Å². The summed E-state index contributed by atoms with van der Waals surface area (Å²) < 4.78 is 24.2. The number of carbonyl (C=O) groups excluding carboxylic acids is 1. The number of nitrogens with two attached hydrogens (primary N) is 1. The van der Waals surface area contributed by atoms with Gasteiger partial charge in [-0.25, -0.2) is 13.1 Å². The molecular weight excluding hydrogens is 336 g/mol. The minimum atomic E-state index is -3.55. The monoisotopic (exact) mass is 360 g/mol. The van der Waals surface area contributed by atoms with Crippen molar-refractivity contribution in [2.45, 2.75) is 25.2 Å². The fourth-order valence-electron chi connectivity index (χ4n) is 2.31. The lowest BCUT2D eigenvalue weighted by molar-refractivity contribution is 0.0985. The van der Waals surface area contributed by atoms with Crippen molar-refractivity contribution < 1.29 is 13.2 Å². The predicted molar refractivity (Wildman–Crippen MR) is 101 cm³/mol.